The molecule has 1 aromatic carbocycles. The molecule has 0 spiro atoms. The summed E-state index contributed by atoms with van der Waals surface area (Å²) < 4.78 is 1.59. The lowest BCUT2D eigenvalue weighted by Gasteiger charge is -2.23. The van der Waals surface area contributed by atoms with E-state index in [4.69, 9.17) is 0 Å². The molecule has 3 heterocycles. The van der Waals surface area contributed by atoms with Crippen LogP contribution in [-0.4, -0.2) is 54.6 Å². The molecule has 4 rings (SSSR count). The molecular formula is C17H17N5O2. The molecule has 7 heteroatoms. The van der Waals surface area contributed by atoms with Crippen molar-refractivity contribution >= 4 is 16.7 Å². The first-order chi connectivity index (χ1) is 11.6. The molecule has 0 saturated carbocycles. The Bertz CT molecular complexity index is 874. The molecule has 1 unspecified atom stereocenters. The van der Waals surface area contributed by atoms with Gasteiger partial charge in [-0.15, -0.1) is 5.10 Å². The summed E-state index contributed by atoms with van der Waals surface area (Å²) in [7, 11) is 0. The van der Waals surface area contributed by atoms with Gasteiger partial charge in [0, 0.05) is 24.3 Å². The zero-order chi connectivity index (χ0) is 16.6. The highest BCUT2D eigenvalue weighted by Crippen LogP contribution is 2.26. The predicted molar refractivity (Wildman–Crippen MR) is 87.2 cm³/mol. The average molecular weight is 323 g/mol. The number of rotatable bonds is 3. The number of pyridine rings is 1. The van der Waals surface area contributed by atoms with E-state index < -0.39 is 5.60 Å². The summed E-state index contributed by atoms with van der Waals surface area (Å²) in [4.78, 5) is 18.8. The van der Waals surface area contributed by atoms with Crippen LogP contribution < -0.4 is 0 Å². The monoisotopic (exact) mass is 323 g/mol. The van der Waals surface area contributed by atoms with Gasteiger partial charge in [0.05, 0.1) is 19.3 Å². The van der Waals surface area contributed by atoms with E-state index >= 15 is 0 Å². The maximum atomic E-state index is 12.9. The molecular weight excluding hydrogens is 306 g/mol. The van der Waals surface area contributed by atoms with E-state index in [1.165, 1.54) is 0 Å². The standard InChI is InChI=1S/C17H17N5O2/c23-16(15-14-4-2-1-3-13(14)5-7-18-15)21-9-6-17(24,11-21)12-22-10-8-19-20-22/h1-5,7-8,10,24H,6,9,11-12H2. The zero-order valence-electron chi connectivity index (χ0n) is 13.0. The van der Waals surface area contributed by atoms with Crippen LogP contribution in [0.1, 0.15) is 16.9 Å². The molecule has 1 aliphatic rings. The van der Waals surface area contributed by atoms with E-state index in [1.54, 1.807) is 28.2 Å². The van der Waals surface area contributed by atoms with E-state index in [-0.39, 0.29) is 12.5 Å². The second-order valence-corrected chi connectivity index (χ2v) is 6.18. The number of aromatic nitrogens is 4. The molecule has 0 radical (unpaired) electrons. The summed E-state index contributed by atoms with van der Waals surface area (Å²) in [5, 5.41) is 20.2. The molecule has 1 N–H and O–H groups in total. The van der Waals surface area contributed by atoms with Gasteiger partial charge in [0.1, 0.15) is 11.3 Å². The van der Waals surface area contributed by atoms with Crippen molar-refractivity contribution in [1.82, 2.24) is 24.9 Å². The van der Waals surface area contributed by atoms with Crippen molar-refractivity contribution in [2.45, 2.75) is 18.6 Å². The normalized spacial score (nSPS) is 20.6. The van der Waals surface area contributed by atoms with E-state index in [2.05, 4.69) is 15.3 Å². The number of aliphatic hydroxyl groups is 1. The second kappa shape index (κ2) is 5.68. The molecule has 1 fully saturated rings. The number of benzene rings is 1. The van der Waals surface area contributed by atoms with E-state index in [0.717, 1.165) is 10.8 Å². The quantitative estimate of drug-likeness (QED) is 0.780. The number of hydrogen-bond donors (Lipinski definition) is 1. The lowest BCUT2D eigenvalue weighted by Crippen LogP contribution is -2.39. The largest absolute Gasteiger partial charge is 0.386 e. The Hall–Kier alpha value is -2.80. The number of β-amino-alcohol motifs (C(OH)–C–C–N with tert-alkyl or cyclic N) is 1. The van der Waals surface area contributed by atoms with E-state index in [1.807, 2.05) is 30.3 Å². The SMILES string of the molecule is O=C(c1nccc2ccccc12)N1CCC(O)(Cn2ccnn2)C1. The summed E-state index contributed by atoms with van der Waals surface area (Å²) in [6, 6.07) is 9.57. The van der Waals surface area contributed by atoms with Crippen LogP contribution in [0.25, 0.3) is 10.8 Å². The Labute approximate surface area is 138 Å². The third-order valence-corrected chi connectivity index (χ3v) is 4.42. The van der Waals surface area contributed by atoms with Gasteiger partial charge in [-0.2, -0.15) is 0 Å². The Morgan fingerprint density at radius 1 is 1.25 bits per heavy atom. The molecule has 1 amide bonds. The van der Waals surface area contributed by atoms with Crippen LogP contribution in [0.4, 0.5) is 0 Å². The fourth-order valence-electron chi connectivity index (χ4n) is 3.22. The fraction of sp³-hybridized carbons (Fsp3) is 0.294. The minimum absolute atomic E-state index is 0.152. The highest BCUT2D eigenvalue weighted by molar-refractivity contribution is 6.05. The van der Waals surface area contributed by atoms with Crippen LogP contribution in [0.5, 0.6) is 0 Å². The van der Waals surface area contributed by atoms with Crippen molar-refractivity contribution < 1.29 is 9.90 Å². The number of likely N-dealkylation sites (tertiary alicyclic amines) is 1. The smallest absolute Gasteiger partial charge is 0.273 e. The van der Waals surface area contributed by atoms with Crippen molar-refractivity contribution in [3.8, 4) is 0 Å². The summed E-state index contributed by atoms with van der Waals surface area (Å²) in [5.41, 5.74) is -0.563. The van der Waals surface area contributed by atoms with Crippen molar-refractivity contribution in [3.05, 3.63) is 54.6 Å². The van der Waals surface area contributed by atoms with E-state index in [0.29, 0.717) is 25.2 Å². The number of nitrogens with zero attached hydrogens (tertiary/aromatic N) is 5. The van der Waals surface area contributed by atoms with Crippen LogP contribution in [0.3, 0.4) is 0 Å². The van der Waals surface area contributed by atoms with Crippen LogP contribution in [-0.2, 0) is 6.54 Å². The number of hydrogen-bond acceptors (Lipinski definition) is 5. The number of amides is 1. The molecule has 1 atom stereocenters. The number of fused-ring (bicyclic) bond motifs is 1. The minimum Gasteiger partial charge on any atom is -0.386 e. The molecule has 7 nitrogen and oxygen atoms in total. The Balaban J connectivity index is 1.57. The first-order valence-corrected chi connectivity index (χ1v) is 7.84. The van der Waals surface area contributed by atoms with Gasteiger partial charge in [-0.3, -0.25) is 9.78 Å². The van der Waals surface area contributed by atoms with Crippen LogP contribution in [0, 0.1) is 0 Å². The van der Waals surface area contributed by atoms with Gasteiger partial charge in [0.2, 0.25) is 0 Å². The molecule has 24 heavy (non-hydrogen) atoms. The van der Waals surface area contributed by atoms with Crippen LogP contribution in [0.2, 0.25) is 0 Å². The number of carbonyl (C=O) groups excluding carboxylic acids is 1. The third kappa shape index (κ3) is 2.63. The Morgan fingerprint density at radius 3 is 2.96 bits per heavy atom. The van der Waals surface area contributed by atoms with Crippen molar-refractivity contribution in [2.75, 3.05) is 13.1 Å². The van der Waals surface area contributed by atoms with Crippen molar-refractivity contribution in [1.29, 1.82) is 0 Å². The molecule has 3 aromatic rings. The Kier molecular flexibility index (Phi) is 3.50. The lowest BCUT2D eigenvalue weighted by atomic mass is 10.0. The topological polar surface area (TPSA) is 84.1 Å². The van der Waals surface area contributed by atoms with Crippen LogP contribution in [0.15, 0.2) is 48.9 Å². The maximum absolute atomic E-state index is 12.9. The summed E-state index contributed by atoms with van der Waals surface area (Å²) in [6.45, 7) is 1.07. The highest BCUT2D eigenvalue weighted by Gasteiger charge is 2.39. The Morgan fingerprint density at radius 2 is 2.12 bits per heavy atom. The van der Waals surface area contributed by atoms with Gasteiger partial charge in [-0.25, -0.2) is 4.68 Å². The average Bonchev–Trinajstić information content (AvgIpc) is 3.24. The third-order valence-electron chi connectivity index (χ3n) is 4.42. The summed E-state index contributed by atoms with van der Waals surface area (Å²) >= 11 is 0. The molecule has 0 aliphatic carbocycles. The van der Waals surface area contributed by atoms with Gasteiger partial charge in [-0.1, -0.05) is 29.5 Å². The highest BCUT2D eigenvalue weighted by atomic mass is 16.3. The van der Waals surface area contributed by atoms with Crippen molar-refractivity contribution in [2.24, 2.45) is 0 Å². The molecule has 1 saturated heterocycles. The molecule has 122 valence electrons. The van der Waals surface area contributed by atoms with Crippen molar-refractivity contribution in [3.63, 3.8) is 0 Å². The predicted octanol–water partition coefficient (Wildman–Crippen LogP) is 1.10. The van der Waals surface area contributed by atoms with Gasteiger partial charge in [-0.05, 0) is 17.9 Å². The first kappa shape index (κ1) is 14.8. The van der Waals surface area contributed by atoms with E-state index in [9.17, 15) is 9.90 Å². The van der Waals surface area contributed by atoms with Crippen LogP contribution >= 0.6 is 0 Å². The second-order valence-electron chi connectivity index (χ2n) is 6.18. The fourth-order valence-corrected chi connectivity index (χ4v) is 3.22. The molecule has 2 aromatic heterocycles. The minimum atomic E-state index is -0.992. The van der Waals surface area contributed by atoms with Gasteiger partial charge < -0.3 is 10.0 Å². The molecule has 1 aliphatic heterocycles. The maximum Gasteiger partial charge on any atom is 0.273 e. The summed E-state index contributed by atoms with van der Waals surface area (Å²) in [5.74, 6) is -0.152. The molecule has 0 bridgehead atoms. The first-order valence-electron chi connectivity index (χ1n) is 7.84. The zero-order valence-corrected chi connectivity index (χ0v) is 13.0. The lowest BCUT2D eigenvalue weighted by molar-refractivity contribution is 0.0266. The van der Waals surface area contributed by atoms with Gasteiger partial charge in [0.25, 0.3) is 5.91 Å². The van der Waals surface area contributed by atoms with Gasteiger partial charge >= 0.3 is 0 Å². The number of carbonyl (C=O) groups is 1. The summed E-state index contributed by atoms with van der Waals surface area (Å²) in [6.07, 6.45) is 5.42. The van der Waals surface area contributed by atoms with Gasteiger partial charge in [0.15, 0.2) is 0 Å².